The fraction of sp³-hybridized carbons (Fsp3) is 0.900. The van der Waals surface area contributed by atoms with Gasteiger partial charge in [0.1, 0.15) is 0 Å². The van der Waals surface area contributed by atoms with Crippen LogP contribution in [-0.2, 0) is 9.53 Å². The Morgan fingerprint density at radius 2 is 2.47 bits per heavy atom. The summed E-state index contributed by atoms with van der Waals surface area (Å²) in [6.45, 7) is 2.72. The first-order valence-electron chi connectivity index (χ1n) is 5.27. The van der Waals surface area contributed by atoms with Gasteiger partial charge in [0.05, 0.1) is 12.4 Å². The minimum absolute atomic E-state index is 0.252. The second-order valence-electron chi connectivity index (χ2n) is 3.78. The Balaban J connectivity index is 2.19. The maximum Gasteiger partial charge on any atom is 0.304 e. The van der Waals surface area contributed by atoms with Crippen LogP contribution in [-0.4, -0.2) is 53.9 Å². The van der Waals surface area contributed by atoms with Crippen LogP contribution in [0.25, 0.3) is 0 Å². The van der Waals surface area contributed by atoms with Crippen molar-refractivity contribution in [1.29, 1.82) is 0 Å². The molecule has 1 aliphatic heterocycles. The SMILES string of the molecule is COCSC1CCCN(CCC(=O)O)C1. The van der Waals surface area contributed by atoms with Crippen LogP contribution in [0, 0.1) is 0 Å². The van der Waals surface area contributed by atoms with Gasteiger partial charge in [0.2, 0.25) is 0 Å². The minimum Gasteiger partial charge on any atom is -0.481 e. The summed E-state index contributed by atoms with van der Waals surface area (Å²) < 4.78 is 5.03. The van der Waals surface area contributed by atoms with Gasteiger partial charge in [-0.1, -0.05) is 0 Å². The molecule has 0 amide bonds. The molecule has 0 saturated carbocycles. The van der Waals surface area contributed by atoms with E-state index in [0.29, 0.717) is 11.8 Å². The molecule has 0 bridgehead atoms. The zero-order valence-electron chi connectivity index (χ0n) is 9.15. The average Bonchev–Trinajstić information content (AvgIpc) is 2.24. The van der Waals surface area contributed by atoms with E-state index in [2.05, 4.69) is 4.90 Å². The van der Waals surface area contributed by atoms with Crippen molar-refractivity contribution in [1.82, 2.24) is 4.90 Å². The molecule has 88 valence electrons. The van der Waals surface area contributed by atoms with Gasteiger partial charge in [-0.25, -0.2) is 0 Å². The maximum absolute atomic E-state index is 10.4. The van der Waals surface area contributed by atoms with Crippen LogP contribution in [0.2, 0.25) is 0 Å². The lowest BCUT2D eigenvalue weighted by Gasteiger charge is -2.31. The molecular weight excluding hydrogens is 214 g/mol. The predicted octanol–water partition coefficient (Wildman–Crippen LogP) is 1.26. The van der Waals surface area contributed by atoms with Crippen molar-refractivity contribution in [2.24, 2.45) is 0 Å². The predicted molar refractivity (Wildman–Crippen MR) is 61.2 cm³/mol. The summed E-state index contributed by atoms with van der Waals surface area (Å²) in [5.74, 6) is 0.0268. The average molecular weight is 233 g/mol. The van der Waals surface area contributed by atoms with Crippen LogP contribution < -0.4 is 0 Å². The topological polar surface area (TPSA) is 49.8 Å². The molecule has 1 rings (SSSR count). The largest absolute Gasteiger partial charge is 0.481 e. The lowest BCUT2D eigenvalue weighted by atomic mass is 10.1. The molecule has 4 nitrogen and oxygen atoms in total. The molecule has 1 fully saturated rings. The van der Waals surface area contributed by atoms with Crippen LogP contribution in [0.4, 0.5) is 0 Å². The zero-order valence-corrected chi connectivity index (χ0v) is 9.96. The Labute approximate surface area is 95.0 Å². The Morgan fingerprint density at radius 1 is 1.67 bits per heavy atom. The Bertz CT molecular complexity index is 201. The zero-order chi connectivity index (χ0) is 11.1. The molecule has 15 heavy (non-hydrogen) atoms. The smallest absolute Gasteiger partial charge is 0.304 e. The van der Waals surface area contributed by atoms with Crippen LogP contribution in [0.1, 0.15) is 19.3 Å². The molecule has 1 heterocycles. The first-order valence-corrected chi connectivity index (χ1v) is 6.32. The number of thioether (sulfide) groups is 1. The summed E-state index contributed by atoms with van der Waals surface area (Å²) in [6.07, 6.45) is 2.64. The van der Waals surface area contributed by atoms with Crippen LogP contribution in [0.5, 0.6) is 0 Å². The van der Waals surface area contributed by atoms with Gasteiger partial charge in [-0.2, -0.15) is 0 Å². The summed E-state index contributed by atoms with van der Waals surface area (Å²) in [5.41, 5.74) is 0. The first-order chi connectivity index (χ1) is 7.22. The summed E-state index contributed by atoms with van der Waals surface area (Å²) in [7, 11) is 1.71. The van der Waals surface area contributed by atoms with E-state index in [-0.39, 0.29) is 6.42 Å². The number of nitrogens with zero attached hydrogens (tertiary/aromatic N) is 1. The molecule has 1 N–H and O–H groups in total. The van der Waals surface area contributed by atoms with Gasteiger partial charge >= 0.3 is 5.97 Å². The fourth-order valence-corrected chi connectivity index (χ4v) is 2.75. The molecule has 0 aromatic rings. The number of piperidine rings is 1. The number of hydrogen-bond acceptors (Lipinski definition) is 4. The highest BCUT2D eigenvalue weighted by atomic mass is 32.2. The van der Waals surface area contributed by atoms with Gasteiger partial charge in [-0.05, 0) is 19.4 Å². The third-order valence-electron chi connectivity index (χ3n) is 2.53. The van der Waals surface area contributed by atoms with Crippen LogP contribution in [0.15, 0.2) is 0 Å². The van der Waals surface area contributed by atoms with Crippen molar-refractivity contribution in [3.05, 3.63) is 0 Å². The van der Waals surface area contributed by atoms with Crippen molar-refractivity contribution in [2.75, 3.05) is 32.7 Å². The van der Waals surface area contributed by atoms with Gasteiger partial charge in [0, 0.05) is 25.4 Å². The molecule has 5 heteroatoms. The van der Waals surface area contributed by atoms with E-state index < -0.39 is 5.97 Å². The quantitative estimate of drug-likeness (QED) is 0.700. The summed E-state index contributed by atoms with van der Waals surface area (Å²) >= 11 is 1.82. The minimum atomic E-state index is -0.707. The molecule has 0 radical (unpaired) electrons. The molecule has 0 aromatic heterocycles. The van der Waals surface area contributed by atoms with Crippen molar-refractivity contribution in [3.63, 3.8) is 0 Å². The van der Waals surface area contributed by atoms with Gasteiger partial charge in [0.15, 0.2) is 0 Å². The second kappa shape index (κ2) is 7.09. The number of carboxylic acid groups (broad SMARTS) is 1. The second-order valence-corrected chi connectivity index (χ2v) is 5.02. The fourth-order valence-electron chi connectivity index (χ4n) is 1.77. The summed E-state index contributed by atoms with van der Waals surface area (Å²) in [4.78, 5) is 12.7. The molecule has 0 spiro atoms. The normalized spacial score (nSPS) is 22.9. The van der Waals surface area contributed by atoms with Crippen LogP contribution >= 0.6 is 11.8 Å². The summed E-state index contributed by atoms with van der Waals surface area (Å²) in [5, 5.41) is 9.20. The standard InChI is InChI=1S/C10H19NO3S/c1-14-8-15-9-3-2-5-11(7-9)6-4-10(12)13/h9H,2-8H2,1H3,(H,12,13). The highest BCUT2D eigenvalue weighted by Crippen LogP contribution is 2.22. The molecule has 1 atom stereocenters. The van der Waals surface area contributed by atoms with Gasteiger partial charge in [0.25, 0.3) is 0 Å². The number of carbonyl (C=O) groups is 1. The third-order valence-corrected chi connectivity index (χ3v) is 3.75. The van der Waals surface area contributed by atoms with E-state index in [1.54, 1.807) is 7.11 Å². The Morgan fingerprint density at radius 3 is 3.13 bits per heavy atom. The van der Waals surface area contributed by atoms with E-state index in [4.69, 9.17) is 9.84 Å². The van der Waals surface area contributed by atoms with Gasteiger partial charge in [-0.15, -0.1) is 11.8 Å². The molecular formula is C10H19NO3S. The molecule has 1 aliphatic rings. The van der Waals surface area contributed by atoms with Crippen molar-refractivity contribution >= 4 is 17.7 Å². The van der Waals surface area contributed by atoms with E-state index in [9.17, 15) is 4.79 Å². The highest BCUT2D eigenvalue weighted by Gasteiger charge is 2.20. The molecule has 0 aliphatic carbocycles. The van der Waals surface area contributed by atoms with E-state index in [1.807, 2.05) is 11.8 Å². The number of carboxylic acids is 1. The lowest BCUT2D eigenvalue weighted by Crippen LogP contribution is -2.38. The number of likely N-dealkylation sites (tertiary alicyclic amines) is 1. The lowest BCUT2D eigenvalue weighted by molar-refractivity contribution is -0.137. The van der Waals surface area contributed by atoms with Gasteiger partial charge < -0.3 is 14.7 Å². The number of ether oxygens (including phenoxy) is 1. The maximum atomic E-state index is 10.4. The highest BCUT2D eigenvalue weighted by molar-refractivity contribution is 7.99. The van der Waals surface area contributed by atoms with Crippen molar-refractivity contribution in [3.8, 4) is 0 Å². The van der Waals surface area contributed by atoms with E-state index in [0.717, 1.165) is 19.0 Å². The number of hydrogen-bond donors (Lipinski definition) is 1. The number of rotatable bonds is 6. The summed E-state index contributed by atoms with van der Waals surface area (Å²) in [6, 6.07) is 0. The monoisotopic (exact) mass is 233 g/mol. The van der Waals surface area contributed by atoms with Gasteiger partial charge in [-0.3, -0.25) is 4.79 Å². The van der Waals surface area contributed by atoms with E-state index in [1.165, 1.54) is 12.8 Å². The number of methoxy groups -OCH3 is 1. The van der Waals surface area contributed by atoms with Crippen molar-refractivity contribution < 1.29 is 14.6 Å². The number of aliphatic carboxylic acids is 1. The van der Waals surface area contributed by atoms with Crippen molar-refractivity contribution in [2.45, 2.75) is 24.5 Å². The van der Waals surface area contributed by atoms with E-state index >= 15 is 0 Å². The molecule has 0 aromatic carbocycles. The first kappa shape index (κ1) is 12.8. The Kier molecular flexibility index (Phi) is 6.05. The molecule has 1 unspecified atom stereocenters. The van der Waals surface area contributed by atoms with Crippen LogP contribution in [0.3, 0.4) is 0 Å². The Hall–Kier alpha value is -0.260. The molecule has 1 saturated heterocycles. The third kappa shape index (κ3) is 5.39.